The topological polar surface area (TPSA) is 67.6 Å². The first-order valence-electron chi connectivity index (χ1n) is 6.89. The lowest BCUT2D eigenvalue weighted by Gasteiger charge is -2.23. The number of nitro benzene ring substituents is 1. The smallest absolute Gasteiger partial charge is 0.273 e. The predicted molar refractivity (Wildman–Crippen MR) is 81.6 cm³/mol. The molecule has 0 heterocycles. The van der Waals surface area contributed by atoms with E-state index in [1.54, 1.807) is 19.2 Å². The molecule has 0 atom stereocenters. The highest BCUT2D eigenvalue weighted by Crippen LogP contribution is 2.27. The lowest BCUT2D eigenvalue weighted by atomic mass is 10.2. The summed E-state index contributed by atoms with van der Waals surface area (Å²) in [5.74, 6) is 0. The molecule has 0 radical (unpaired) electrons. The summed E-state index contributed by atoms with van der Waals surface area (Å²) in [5, 5.41) is 14.2. The van der Waals surface area contributed by atoms with Crippen molar-refractivity contribution in [3.63, 3.8) is 0 Å². The van der Waals surface area contributed by atoms with E-state index in [-0.39, 0.29) is 10.6 Å². The van der Waals surface area contributed by atoms with Crippen LogP contribution in [-0.4, -0.2) is 38.3 Å². The molecule has 0 bridgehead atoms. The third-order valence-corrected chi connectivity index (χ3v) is 3.00. The minimum absolute atomic E-state index is 0.108. The Hall–Kier alpha value is -1.82. The van der Waals surface area contributed by atoms with Crippen LogP contribution in [0.3, 0.4) is 0 Å². The highest BCUT2D eigenvalue weighted by atomic mass is 16.6. The van der Waals surface area contributed by atoms with Crippen molar-refractivity contribution in [3.8, 4) is 0 Å². The number of likely N-dealkylation sites (N-methyl/N-ethyl adjacent to an activating group) is 1. The summed E-state index contributed by atoms with van der Waals surface area (Å²) in [6, 6.07) is 5.13. The summed E-state index contributed by atoms with van der Waals surface area (Å²) in [7, 11) is 1.65. The summed E-state index contributed by atoms with van der Waals surface area (Å²) < 4.78 is 5.08. The first-order chi connectivity index (χ1) is 9.62. The lowest BCUT2D eigenvalue weighted by Crippen LogP contribution is -2.26. The molecule has 0 amide bonds. The van der Waals surface area contributed by atoms with E-state index in [0.29, 0.717) is 13.2 Å². The van der Waals surface area contributed by atoms with Crippen molar-refractivity contribution in [2.24, 2.45) is 0 Å². The van der Waals surface area contributed by atoms with Crippen LogP contribution in [0.15, 0.2) is 18.2 Å². The van der Waals surface area contributed by atoms with Gasteiger partial charge < -0.3 is 15.0 Å². The second-order valence-electron chi connectivity index (χ2n) is 4.49. The first-order valence-corrected chi connectivity index (χ1v) is 6.89. The van der Waals surface area contributed by atoms with Crippen LogP contribution in [0.2, 0.25) is 0 Å². The molecule has 0 spiro atoms. The molecule has 0 fully saturated rings. The second-order valence-corrected chi connectivity index (χ2v) is 4.49. The van der Waals surface area contributed by atoms with Gasteiger partial charge in [0.15, 0.2) is 0 Å². The van der Waals surface area contributed by atoms with Gasteiger partial charge >= 0.3 is 0 Å². The molecule has 6 heteroatoms. The Morgan fingerprint density at radius 1 is 1.35 bits per heavy atom. The van der Waals surface area contributed by atoms with Gasteiger partial charge in [0, 0.05) is 50.3 Å². The highest BCUT2D eigenvalue weighted by molar-refractivity contribution is 5.64. The molecule has 6 nitrogen and oxygen atoms in total. The third kappa shape index (κ3) is 4.70. The average molecular weight is 281 g/mol. The van der Waals surface area contributed by atoms with Gasteiger partial charge in [-0.2, -0.15) is 0 Å². The standard InChI is InChI=1S/C14H23N3O3/c1-4-6-15-12-9-13(11-14(10-12)17(18)19)16(5-2)7-8-20-3/h9-11,15H,4-8H2,1-3H3. The molecule has 1 aromatic carbocycles. The van der Waals surface area contributed by atoms with E-state index >= 15 is 0 Å². The fraction of sp³-hybridized carbons (Fsp3) is 0.571. The monoisotopic (exact) mass is 281 g/mol. The number of anilines is 2. The number of nitro groups is 1. The molecule has 1 aromatic rings. The Balaban J connectivity index is 3.02. The van der Waals surface area contributed by atoms with E-state index in [9.17, 15) is 10.1 Å². The number of hydrogen-bond acceptors (Lipinski definition) is 5. The summed E-state index contributed by atoms with van der Waals surface area (Å²) in [6.07, 6.45) is 0.971. The van der Waals surface area contributed by atoms with Crippen LogP contribution in [-0.2, 0) is 4.74 Å². The van der Waals surface area contributed by atoms with Crippen molar-refractivity contribution < 1.29 is 9.66 Å². The molecule has 0 saturated carbocycles. The Bertz CT molecular complexity index is 438. The van der Waals surface area contributed by atoms with Crippen LogP contribution in [0.1, 0.15) is 20.3 Å². The Morgan fingerprint density at radius 3 is 2.65 bits per heavy atom. The first kappa shape index (κ1) is 16.2. The van der Waals surface area contributed by atoms with E-state index in [4.69, 9.17) is 4.74 Å². The number of ether oxygens (including phenoxy) is 1. The van der Waals surface area contributed by atoms with Crippen molar-refractivity contribution in [2.75, 3.05) is 43.6 Å². The number of nitrogens with one attached hydrogen (secondary N) is 1. The largest absolute Gasteiger partial charge is 0.385 e. The Labute approximate surface area is 119 Å². The molecule has 20 heavy (non-hydrogen) atoms. The van der Waals surface area contributed by atoms with Crippen LogP contribution in [0.25, 0.3) is 0 Å². The van der Waals surface area contributed by atoms with Crippen LogP contribution in [0.5, 0.6) is 0 Å². The molecule has 0 aliphatic carbocycles. The SMILES string of the molecule is CCCNc1cc(N(CC)CCOC)cc([N+](=O)[O-])c1. The van der Waals surface area contributed by atoms with Gasteiger partial charge in [-0.15, -0.1) is 0 Å². The molecule has 0 aliphatic rings. The van der Waals surface area contributed by atoms with Crippen molar-refractivity contribution in [2.45, 2.75) is 20.3 Å². The molecule has 0 unspecified atom stereocenters. The molecule has 0 aliphatic heterocycles. The van der Waals surface area contributed by atoms with Gasteiger partial charge in [-0.1, -0.05) is 6.92 Å². The zero-order valence-corrected chi connectivity index (χ0v) is 12.4. The fourth-order valence-electron chi connectivity index (χ4n) is 1.93. The van der Waals surface area contributed by atoms with Gasteiger partial charge in [0.05, 0.1) is 11.5 Å². The van der Waals surface area contributed by atoms with Gasteiger partial charge in [-0.25, -0.2) is 0 Å². The van der Waals surface area contributed by atoms with Gasteiger partial charge in [0.25, 0.3) is 5.69 Å². The van der Waals surface area contributed by atoms with E-state index < -0.39 is 0 Å². The number of hydrogen-bond donors (Lipinski definition) is 1. The molecular weight excluding hydrogens is 258 g/mol. The van der Waals surface area contributed by atoms with E-state index in [2.05, 4.69) is 17.1 Å². The van der Waals surface area contributed by atoms with Crippen LogP contribution in [0.4, 0.5) is 17.1 Å². The predicted octanol–water partition coefficient (Wildman–Crippen LogP) is 2.89. The van der Waals surface area contributed by atoms with E-state index in [1.165, 1.54) is 0 Å². The number of non-ortho nitro benzene ring substituents is 1. The summed E-state index contributed by atoms with van der Waals surface area (Å²) in [4.78, 5) is 12.7. The van der Waals surface area contributed by atoms with E-state index in [0.717, 1.165) is 30.9 Å². The van der Waals surface area contributed by atoms with Crippen molar-refractivity contribution in [1.82, 2.24) is 0 Å². The van der Waals surface area contributed by atoms with Gasteiger partial charge in [-0.3, -0.25) is 10.1 Å². The quantitative estimate of drug-likeness (QED) is 0.557. The van der Waals surface area contributed by atoms with Crippen molar-refractivity contribution in [3.05, 3.63) is 28.3 Å². The van der Waals surface area contributed by atoms with Gasteiger partial charge in [0.1, 0.15) is 0 Å². The fourth-order valence-corrected chi connectivity index (χ4v) is 1.93. The number of nitrogens with zero attached hydrogens (tertiary/aromatic N) is 2. The molecule has 1 N–H and O–H groups in total. The average Bonchev–Trinajstić information content (AvgIpc) is 2.45. The van der Waals surface area contributed by atoms with Gasteiger partial charge in [-0.05, 0) is 19.4 Å². The van der Waals surface area contributed by atoms with Crippen molar-refractivity contribution in [1.29, 1.82) is 0 Å². The maximum absolute atomic E-state index is 11.0. The maximum Gasteiger partial charge on any atom is 0.273 e. The zero-order valence-electron chi connectivity index (χ0n) is 12.4. The molecule has 0 aromatic heterocycles. The highest BCUT2D eigenvalue weighted by Gasteiger charge is 2.13. The maximum atomic E-state index is 11.0. The van der Waals surface area contributed by atoms with Crippen LogP contribution >= 0.6 is 0 Å². The summed E-state index contributed by atoms with van der Waals surface area (Å²) >= 11 is 0. The molecule has 0 saturated heterocycles. The zero-order chi connectivity index (χ0) is 15.0. The Morgan fingerprint density at radius 2 is 2.10 bits per heavy atom. The minimum atomic E-state index is -0.356. The third-order valence-electron chi connectivity index (χ3n) is 3.00. The summed E-state index contributed by atoms with van der Waals surface area (Å²) in [5.41, 5.74) is 1.74. The molecule has 112 valence electrons. The number of methoxy groups -OCH3 is 1. The summed E-state index contributed by atoms with van der Waals surface area (Å²) in [6.45, 7) is 6.95. The van der Waals surface area contributed by atoms with Crippen LogP contribution < -0.4 is 10.2 Å². The van der Waals surface area contributed by atoms with Gasteiger partial charge in [0.2, 0.25) is 0 Å². The van der Waals surface area contributed by atoms with E-state index in [1.807, 2.05) is 13.0 Å². The minimum Gasteiger partial charge on any atom is -0.385 e. The number of rotatable bonds is 9. The molecular formula is C14H23N3O3. The van der Waals surface area contributed by atoms with Crippen LogP contribution in [0, 0.1) is 10.1 Å². The lowest BCUT2D eigenvalue weighted by molar-refractivity contribution is -0.384. The Kier molecular flexibility index (Phi) is 6.79. The number of benzene rings is 1. The van der Waals surface area contributed by atoms with Crippen molar-refractivity contribution >= 4 is 17.1 Å². The molecule has 1 rings (SSSR count). The normalized spacial score (nSPS) is 10.3. The second kappa shape index (κ2) is 8.37.